The summed E-state index contributed by atoms with van der Waals surface area (Å²) in [6, 6.07) is 15.6. The first-order chi connectivity index (χ1) is 10.2. The van der Waals surface area contributed by atoms with Gasteiger partial charge >= 0.3 is 0 Å². The Morgan fingerprint density at radius 2 is 2.00 bits per heavy atom. The average Bonchev–Trinajstić information content (AvgIpc) is 2.70. The van der Waals surface area contributed by atoms with Crippen LogP contribution in [0, 0.1) is 10.1 Å². The number of fused-ring (bicyclic) bond motifs is 1. The van der Waals surface area contributed by atoms with Gasteiger partial charge in [-0.05, 0) is 23.6 Å². The maximum atomic E-state index is 10.8. The molecule has 0 aliphatic carbocycles. The number of non-ortho nitro benzene ring substituents is 1. The van der Waals surface area contributed by atoms with E-state index in [1.54, 1.807) is 12.1 Å². The number of nitro benzene ring substituents is 1. The molecule has 1 heterocycles. The minimum Gasteiger partial charge on any atom is -0.383 e. The summed E-state index contributed by atoms with van der Waals surface area (Å²) in [5.74, 6) is 0. The van der Waals surface area contributed by atoms with Gasteiger partial charge < -0.3 is 10.6 Å². The second-order valence-corrected chi connectivity index (χ2v) is 5.25. The molecule has 2 N–H and O–H groups in total. The third kappa shape index (κ3) is 3.20. The first-order valence-electron chi connectivity index (χ1n) is 7.01. The standard InChI is InChI=1S/C16H17N3O2/c20-19(21)15-7-6-13-10-17-14(11-18-16(13)9-15)8-12-4-2-1-3-5-12/h1-7,9,14,17-18H,8,10-11H2. The summed E-state index contributed by atoms with van der Waals surface area (Å²) in [6.07, 6.45) is 0.934. The van der Waals surface area contributed by atoms with E-state index in [2.05, 4.69) is 22.8 Å². The molecule has 0 fully saturated rings. The fourth-order valence-corrected chi connectivity index (χ4v) is 2.60. The fourth-order valence-electron chi connectivity index (χ4n) is 2.60. The second-order valence-electron chi connectivity index (χ2n) is 5.25. The predicted molar refractivity (Wildman–Crippen MR) is 82.4 cm³/mol. The number of hydrogen-bond acceptors (Lipinski definition) is 4. The van der Waals surface area contributed by atoms with Crippen LogP contribution in [0.15, 0.2) is 48.5 Å². The number of nitrogens with one attached hydrogen (secondary N) is 2. The zero-order chi connectivity index (χ0) is 14.7. The first kappa shape index (κ1) is 13.6. The molecule has 0 spiro atoms. The maximum absolute atomic E-state index is 10.8. The molecular weight excluding hydrogens is 266 g/mol. The van der Waals surface area contributed by atoms with Crippen LogP contribution in [-0.4, -0.2) is 17.5 Å². The van der Waals surface area contributed by atoms with Gasteiger partial charge in [-0.3, -0.25) is 10.1 Å². The van der Waals surface area contributed by atoms with Gasteiger partial charge in [-0.25, -0.2) is 0 Å². The Kier molecular flexibility index (Phi) is 3.83. The van der Waals surface area contributed by atoms with Crippen LogP contribution >= 0.6 is 0 Å². The van der Waals surface area contributed by atoms with Crippen LogP contribution in [0.25, 0.3) is 0 Å². The molecule has 0 bridgehead atoms. The van der Waals surface area contributed by atoms with E-state index in [9.17, 15) is 10.1 Å². The summed E-state index contributed by atoms with van der Waals surface area (Å²) in [7, 11) is 0. The molecule has 1 atom stereocenters. The quantitative estimate of drug-likeness (QED) is 0.671. The summed E-state index contributed by atoms with van der Waals surface area (Å²) >= 11 is 0. The van der Waals surface area contributed by atoms with Crippen LogP contribution in [0.3, 0.4) is 0 Å². The van der Waals surface area contributed by atoms with E-state index in [0.717, 1.165) is 30.8 Å². The molecule has 0 aromatic heterocycles. The molecule has 1 aliphatic heterocycles. The molecule has 0 amide bonds. The maximum Gasteiger partial charge on any atom is 0.271 e. The molecule has 5 nitrogen and oxygen atoms in total. The molecule has 0 radical (unpaired) electrons. The van der Waals surface area contributed by atoms with E-state index in [1.165, 1.54) is 5.56 Å². The van der Waals surface area contributed by atoms with Crippen molar-refractivity contribution in [1.29, 1.82) is 0 Å². The highest BCUT2D eigenvalue weighted by Crippen LogP contribution is 2.24. The Bertz CT molecular complexity index is 643. The van der Waals surface area contributed by atoms with Crippen molar-refractivity contribution in [2.24, 2.45) is 0 Å². The predicted octanol–water partition coefficient (Wildman–Crippen LogP) is 2.72. The molecule has 1 unspecified atom stereocenters. The van der Waals surface area contributed by atoms with Crippen molar-refractivity contribution in [2.75, 3.05) is 11.9 Å². The van der Waals surface area contributed by atoms with Crippen molar-refractivity contribution >= 4 is 11.4 Å². The van der Waals surface area contributed by atoms with E-state index < -0.39 is 0 Å². The molecule has 21 heavy (non-hydrogen) atoms. The Morgan fingerprint density at radius 1 is 1.19 bits per heavy atom. The van der Waals surface area contributed by atoms with Crippen LogP contribution < -0.4 is 10.6 Å². The molecule has 5 heteroatoms. The fraction of sp³-hybridized carbons (Fsp3) is 0.250. The number of rotatable bonds is 3. The Morgan fingerprint density at radius 3 is 2.76 bits per heavy atom. The number of nitro groups is 1. The van der Waals surface area contributed by atoms with Gasteiger partial charge in [-0.15, -0.1) is 0 Å². The summed E-state index contributed by atoms with van der Waals surface area (Å²) < 4.78 is 0. The van der Waals surface area contributed by atoms with Gasteiger partial charge in [-0.2, -0.15) is 0 Å². The summed E-state index contributed by atoms with van der Waals surface area (Å²) in [5.41, 5.74) is 3.33. The van der Waals surface area contributed by atoms with Crippen LogP contribution in [0.1, 0.15) is 11.1 Å². The van der Waals surface area contributed by atoms with E-state index >= 15 is 0 Å². The van der Waals surface area contributed by atoms with Crippen molar-refractivity contribution in [3.05, 3.63) is 69.8 Å². The number of benzene rings is 2. The Balaban J connectivity index is 1.72. The van der Waals surface area contributed by atoms with Crippen LogP contribution in [0.2, 0.25) is 0 Å². The lowest BCUT2D eigenvalue weighted by atomic mass is 10.1. The van der Waals surface area contributed by atoms with Gasteiger partial charge in [0, 0.05) is 37.0 Å². The molecule has 108 valence electrons. The van der Waals surface area contributed by atoms with Gasteiger partial charge in [-0.1, -0.05) is 30.3 Å². The molecule has 0 saturated heterocycles. The van der Waals surface area contributed by atoms with Crippen molar-refractivity contribution in [3.8, 4) is 0 Å². The molecule has 1 aliphatic rings. The summed E-state index contributed by atoms with van der Waals surface area (Å²) in [5, 5.41) is 17.7. The molecule has 2 aromatic carbocycles. The smallest absolute Gasteiger partial charge is 0.271 e. The van der Waals surface area contributed by atoms with Crippen molar-refractivity contribution in [2.45, 2.75) is 19.0 Å². The lowest BCUT2D eigenvalue weighted by Gasteiger charge is -2.15. The lowest BCUT2D eigenvalue weighted by molar-refractivity contribution is -0.384. The minimum atomic E-state index is -0.359. The highest BCUT2D eigenvalue weighted by molar-refractivity contribution is 5.58. The minimum absolute atomic E-state index is 0.128. The van der Waals surface area contributed by atoms with Crippen molar-refractivity contribution < 1.29 is 4.92 Å². The van der Waals surface area contributed by atoms with Crippen LogP contribution in [0.4, 0.5) is 11.4 Å². The number of hydrogen-bond donors (Lipinski definition) is 2. The van der Waals surface area contributed by atoms with Crippen LogP contribution in [0.5, 0.6) is 0 Å². The van der Waals surface area contributed by atoms with E-state index in [0.29, 0.717) is 6.04 Å². The summed E-state index contributed by atoms with van der Waals surface area (Å²) in [6.45, 7) is 1.47. The monoisotopic (exact) mass is 283 g/mol. The third-order valence-electron chi connectivity index (χ3n) is 3.75. The molecular formula is C16H17N3O2. The van der Waals surface area contributed by atoms with Crippen molar-refractivity contribution in [1.82, 2.24) is 5.32 Å². The topological polar surface area (TPSA) is 67.2 Å². The number of anilines is 1. The normalized spacial score (nSPS) is 17.4. The second kappa shape index (κ2) is 5.93. The molecule has 2 aromatic rings. The van der Waals surface area contributed by atoms with E-state index in [-0.39, 0.29) is 10.6 Å². The van der Waals surface area contributed by atoms with Gasteiger partial charge in [0.1, 0.15) is 0 Å². The highest BCUT2D eigenvalue weighted by atomic mass is 16.6. The lowest BCUT2D eigenvalue weighted by Crippen LogP contribution is -2.34. The van der Waals surface area contributed by atoms with Gasteiger partial charge in [0.2, 0.25) is 0 Å². The van der Waals surface area contributed by atoms with Gasteiger partial charge in [0.15, 0.2) is 0 Å². The largest absolute Gasteiger partial charge is 0.383 e. The van der Waals surface area contributed by atoms with Gasteiger partial charge in [0.05, 0.1) is 4.92 Å². The molecule has 3 rings (SSSR count). The summed E-state index contributed by atoms with van der Waals surface area (Å²) in [4.78, 5) is 10.5. The number of nitrogens with zero attached hydrogens (tertiary/aromatic N) is 1. The van der Waals surface area contributed by atoms with Gasteiger partial charge in [0.25, 0.3) is 5.69 Å². The highest BCUT2D eigenvalue weighted by Gasteiger charge is 2.17. The third-order valence-corrected chi connectivity index (χ3v) is 3.75. The van der Waals surface area contributed by atoms with E-state index in [4.69, 9.17) is 0 Å². The molecule has 0 saturated carbocycles. The zero-order valence-electron chi connectivity index (χ0n) is 11.6. The first-order valence-corrected chi connectivity index (χ1v) is 7.01. The van der Waals surface area contributed by atoms with E-state index in [1.807, 2.05) is 24.3 Å². The zero-order valence-corrected chi connectivity index (χ0v) is 11.6. The average molecular weight is 283 g/mol. The van der Waals surface area contributed by atoms with Crippen LogP contribution in [-0.2, 0) is 13.0 Å². The Labute approximate surface area is 123 Å². The van der Waals surface area contributed by atoms with Crippen molar-refractivity contribution in [3.63, 3.8) is 0 Å². The SMILES string of the molecule is O=[N+]([O-])c1ccc2c(c1)NCC(Cc1ccccc1)NC2. The Hall–Kier alpha value is -2.40.